The van der Waals surface area contributed by atoms with Crippen molar-refractivity contribution in [2.75, 3.05) is 0 Å². The second-order valence-corrected chi connectivity index (χ2v) is 5.89. The number of aromatic nitrogens is 3. The predicted molar refractivity (Wildman–Crippen MR) is 76.0 cm³/mol. The molecule has 1 aromatic heterocycles. The van der Waals surface area contributed by atoms with Gasteiger partial charge in [-0.2, -0.15) is 0 Å². The molecule has 6 heteroatoms. The highest BCUT2D eigenvalue weighted by Gasteiger charge is 2.30. The van der Waals surface area contributed by atoms with Crippen LogP contribution in [0.2, 0.25) is 5.02 Å². The monoisotopic (exact) mass is 345 g/mol. The molecule has 1 aromatic carbocycles. The molecule has 0 aliphatic heterocycles. The molecule has 0 saturated heterocycles. The highest BCUT2D eigenvalue weighted by Crippen LogP contribution is 2.40. The van der Waals surface area contributed by atoms with Crippen LogP contribution in [0.15, 0.2) is 22.7 Å². The Morgan fingerprint density at radius 3 is 2.78 bits per heavy atom. The standard InChI is InChI=1S/C12H10BrCl2N3/c13-7-1-4-10(15)9(5-7)12-17-16-11(6-14)18(12)8-2-3-8/h1,4-5,8H,2-3,6H2. The minimum Gasteiger partial charge on any atom is -0.307 e. The van der Waals surface area contributed by atoms with Crippen molar-refractivity contribution in [3.05, 3.63) is 33.5 Å². The van der Waals surface area contributed by atoms with Crippen LogP contribution in [-0.2, 0) is 5.88 Å². The van der Waals surface area contributed by atoms with Crippen LogP contribution in [0.4, 0.5) is 0 Å². The topological polar surface area (TPSA) is 30.7 Å². The van der Waals surface area contributed by atoms with Gasteiger partial charge in [-0.3, -0.25) is 0 Å². The van der Waals surface area contributed by atoms with Gasteiger partial charge in [-0.05, 0) is 31.0 Å². The van der Waals surface area contributed by atoms with Crippen LogP contribution in [-0.4, -0.2) is 14.8 Å². The SMILES string of the molecule is ClCc1nnc(-c2cc(Br)ccc2Cl)n1C1CC1. The molecule has 0 amide bonds. The van der Waals surface area contributed by atoms with Gasteiger partial charge < -0.3 is 4.57 Å². The highest BCUT2D eigenvalue weighted by molar-refractivity contribution is 9.10. The van der Waals surface area contributed by atoms with Crippen LogP contribution in [0.25, 0.3) is 11.4 Å². The van der Waals surface area contributed by atoms with Gasteiger partial charge in [0.1, 0.15) is 5.82 Å². The molecule has 0 atom stereocenters. The third kappa shape index (κ3) is 2.17. The quantitative estimate of drug-likeness (QED) is 0.769. The van der Waals surface area contributed by atoms with Gasteiger partial charge in [0.05, 0.1) is 10.9 Å². The van der Waals surface area contributed by atoms with Crippen molar-refractivity contribution >= 4 is 39.1 Å². The van der Waals surface area contributed by atoms with E-state index >= 15 is 0 Å². The van der Waals surface area contributed by atoms with Crippen molar-refractivity contribution in [1.29, 1.82) is 0 Å². The number of hydrogen-bond acceptors (Lipinski definition) is 2. The molecule has 3 nitrogen and oxygen atoms in total. The lowest BCUT2D eigenvalue weighted by Gasteiger charge is -2.09. The van der Waals surface area contributed by atoms with Crippen LogP contribution in [0.3, 0.4) is 0 Å². The molecule has 94 valence electrons. The van der Waals surface area contributed by atoms with Crippen molar-refractivity contribution in [2.24, 2.45) is 0 Å². The zero-order valence-corrected chi connectivity index (χ0v) is 12.5. The minimum absolute atomic E-state index is 0.370. The van der Waals surface area contributed by atoms with Gasteiger partial charge in [-0.1, -0.05) is 27.5 Å². The summed E-state index contributed by atoms with van der Waals surface area (Å²) in [6, 6.07) is 6.20. The Morgan fingerprint density at radius 1 is 1.33 bits per heavy atom. The molecule has 18 heavy (non-hydrogen) atoms. The summed E-state index contributed by atoms with van der Waals surface area (Å²) in [5, 5.41) is 9.07. The highest BCUT2D eigenvalue weighted by atomic mass is 79.9. The molecule has 0 bridgehead atoms. The van der Waals surface area contributed by atoms with E-state index in [9.17, 15) is 0 Å². The zero-order chi connectivity index (χ0) is 12.7. The number of hydrogen-bond donors (Lipinski definition) is 0. The maximum atomic E-state index is 6.25. The molecule has 1 heterocycles. The second-order valence-electron chi connectivity index (χ2n) is 4.30. The predicted octanol–water partition coefficient (Wildman–Crippen LogP) is 4.43. The number of nitrogens with zero attached hydrogens (tertiary/aromatic N) is 3. The summed E-state index contributed by atoms with van der Waals surface area (Å²) in [6.45, 7) is 0. The molecule has 2 aromatic rings. The summed E-state index contributed by atoms with van der Waals surface area (Å²) >= 11 is 15.6. The van der Waals surface area contributed by atoms with Crippen molar-refractivity contribution < 1.29 is 0 Å². The van der Waals surface area contributed by atoms with E-state index in [0.29, 0.717) is 16.9 Å². The average Bonchev–Trinajstić information content (AvgIpc) is 3.12. The summed E-state index contributed by atoms with van der Waals surface area (Å²) < 4.78 is 3.08. The Bertz CT molecular complexity index is 593. The summed E-state index contributed by atoms with van der Waals surface area (Å²) in [4.78, 5) is 0. The Labute approximate surface area is 123 Å². The van der Waals surface area contributed by atoms with E-state index < -0.39 is 0 Å². The first-order valence-corrected chi connectivity index (χ1v) is 7.36. The zero-order valence-electron chi connectivity index (χ0n) is 9.41. The van der Waals surface area contributed by atoms with E-state index in [4.69, 9.17) is 23.2 Å². The summed E-state index contributed by atoms with van der Waals surface area (Å²) in [5.41, 5.74) is 0.891. The first kappa shape index (κ1) is 12.5. The second kappa shape index (κ2) is 4.83. The van der Waals surface area contributed by atoms with Crippen LogP contribution < -0.4 is 0 Å². The van der Waals surface area contributed by atoms with Crippen molar-refractivity contribution in [2.45, 2.75) is 24.8 Å². The van der Waals surface area contributed by atoms with E-state index in [1.165, 1.54) is 0 Å². The number of alkyl halides is 1. The lowest BCUT2D eigenvalue weighted by molar-refractivity contribution is 0.712. The molecule has 0 radical (unpaired) electrons. The molecule has 1 saturated carbocycles. The molecule has 1 aliphatic rings. The van der Waals surface area contributed by atoms with Gasteiger partial charge in [0.15, 0.2) is 5.82 Å². The van der Waals surface area contributed by atoms with Crippen molar-refractivity contribution in [1.82, 2.24) is 14.8 Å². The van der Waals surface area contributed by atoms with E-state index in [-0.39, 0.29) is 0 Å². The normalized spacial score (nSPS) is 15.1. The van der Waals surface area contributed by atoms with Gasteiger partial charge in [-0.15, -0.1) is 21.8 Å². The number of rotatable bonds is 3. The van der Waals surface area contributed by atoms with E-state index in [2.05, 4.69) is 30.7 Å². The number of benzene rings is 1. The summed E-state index contributed by atoms with van der Waals surface area (Å²) in [5.74, 6) is 1.99. The Morgan fingerprint density at radius 2 is 2.11 bits per heavy atom. The van der Waals surface area contributed by atoms with Crippen LogP contribution in [0.5, 0.6) is 0 Å². The lowest BCUT2D eigenvalue weighted by Crippen LogP contribution is -2.02. The summed E-state index contributed by atoms with van der Waals surface area (Å²) in [7, 11) is 0. The van der Waals surface area contributed by atoms with Gasteiger partial charge in [0.25, 0.3) is 0 Å². The van der Waals surface area contributed by atoms with Crippen molar-refractivity contribution in [3.8, 4) is 11.4 Å². The Balaban J connectivity index is 2.16. The fourth-order valence-corrected chi connectivity index (χ4v) is 2.73. The molecule has 0 N–H and O–H groups in total. The van der Waals surface area contributed by atoms with E-state index in [1.807, 2.05) is 18.2 Å². The average molecular weight is 347 g/mol. The largest absolute Gasteiger partial charge is 0.307 e. The molecule has 1 fully saturated rings. The maximum Gasteiger partial charge on any atom is 0.165 e. The van der Waals surface area contributed by atoms with E-state index in [0.717, 1.165) is 34.5 Å². The first-order valence-electron chi connectivity index (χ1n) is 5.66. The third-order valence-corrected chi connectivity index (χ3v) is 4.03. The number of halogens is 3. The lowest BCUT2D eigenvalue weighted by atomic mass is 10.2. The minimum atomic E-state index is 0.370. The van der Waals surface area contributed by atoms with Crippen LogP contribution in [0, 0.1) is 0 Å². The maximum absolute atomic E-state index is 6.25. The van der Waals surface area contributed by atoms with Gasteiger partial charge in [0, 0.05) is 16.1 Å². The van der Waals surface area contributed by atoms with Crippen molar-refractivity contribution in [3.63, 3.8) is 0 Å². The summed E-state index contributed by atoms with van der Waals surface area (Å²) in [6.07, 6.45) is 2.31. The molecule has 1 aliphatic carbocycles. The van der Waals surface area contributed by atoms with Gasteiger partial charge in [-0.25, -0.2) is 0 Å². The smallest absolute Gasteiger partial charge is 0.165 e. The Kier molecular flexibility index (Phi) is 3.34. The van der Waals surface area contributed by atoms with Gasteiger partial charge in [0.2, 0.25) is 0 Å². The molecule has 3 rings (SSSR count). The Hall–Kier alpha value is -0.580. The van der Waals surface area contributed by atoms with Crippen LogP contribution in [0.1, 0.15) is 24.7 Å². The fraction of sp³-hybridized carbons (Fsp3) is 0.333. The van der Waals surface area contributed by atoms with Crippen LogP contribution >= 0.6 is 39.1 Å². The fourth-order valence-electron chi connectivity index (χ4n) is 1.98. The molecular formula is C12H10BrCl2N3. The molecule has 0 spiro atoms. The van der Waals surface area contributed by atoms with E-state index in [1.54, 1.807) is 0 Å². The van der Waals surface area contributed by atoms with Gasteiger partial charge >= 0.3 is 0 Å². The third-order valence-electron chi connectivity index (χ3n) is 2.97. The first-order chi connectivity index (χ1) is 8.70. The molecule has 0 unspecified atom stereocenters. The molecular weight excluding hydrogens is 337 g/mol.